The van der Waals surface area contributed by atoms with E-state index in [1.165, 1.54) is 24.3 Å². The molecule has 0 bridgehead atoms. The second kappa shape index (κ2) is 8.58. The Morgan fingerprint density at radius 3 is 1.00 bits per heavy atom. The van der Waals surface area contributed by atoms with Gasteiger partial charge in [0.1, 0.15) is 0 Å². The molecule has 2 aromatic carbocycles. The van der Waals surface area contributed by atoms with Crippen LogP contribution in [-0.4, -0.2) is 33.9 Å². The van der Waals surface area contributed by atoms with E-state index in [9.17, 15) is 16.8 Å². The average molecular weight is 421 g/mol. The van der Waals surface area contributed by atoms with Crippen molar-refractivity contribution in [2.75, 3.05) is 0 Å². The molecule has 2 aromatic rings. The number of hydrogen-bond donors (Lipinski definition) is 2. The maximum Gasteiger partial charge on any atom is 0.238 e. The van der Waals surface area contributed by atoms with Crippen molar-refractivity contribution >= 4 is 37.1 Å². The van der Waals surface area contributed by atoms with Gasteiger partial charge in [0.2, 0.25) is 20.0 Å². The molecule has 4 N–H and O–H groups in total. The van der Waals surface area contributed by atoms with Crippen LogP contribution in [0.5, 0.6) is 0 Å². The van der Waals surface area contributed by atoms with Crippen LogP contribution in [-0.2, 0) is 20.0 Å². The molecule has 9 heteroatoms. The Morgan fingerprint density at radius 2 is 0.826 bits per heavy atom. The van der Waals surface area contributed by atoms with Crippen LogP contribution >= 0.6 is 0 Å². The van der Waals surface area contributed by atoms with Gasteiger partial charge in [-0.05, 0) is 38.1 Å². The SMILES string of the molecule is Cc1ccc(S(N)(=O)=O)cc1.Cc1ccc(S(N)(=O)=O)cc1.[Se]. The zero-order valence-corrected chi connectivity index (χ0v) is 16.0. The van der Waals surface area contributed by atoms with Gasteiger partial charge < -0.3 is 0 Å². The van der Waals surface area contributed by atoms with Crippen molar-refractivity contribution in [3.05, 3.63) is 59.7 Å². The van der Waals surface area contributed by atoms with E-state index < -0.39 is 20.0 Å². The van der Waals surface area contributed by atoms with Crippen molar-refractivity contribution in [3.63, 3.8) is 0 Å². The van der Waals surface area contributed by atoms with E-state index in [0.717, 1.165) is 11.1 Å². The Morgan fingerprint density at radius 1 is 0.609 bits per heavy atom. The van der Waals surface area contributed by atoms with Crippen LogP contribution in [0.25, 0.3) is 0 Å². The fourth-order valence-electron chi connectivity index (χ4n) is 1.46. The summed E-state index contributed by atoms with van der Waals surface area (Å²) in [7, 11) is -7.04. The van der Waals surface area contributed by atoms with Gasteiger partial charge in [-0.1, -0.05) is 35.4 Å². The quantitative estimate of drug-likeness (QED) is 0.700. The fourth-order valence-corrected chi connectivity index (χ4v) is 2.49. The van der Waals surface area contributed by atoms with Gasteiger partial charge in [-0.25, -0.2) is 27.1 Å². The summed E-state index contributed by atoms with van der Waals surface area (Å²) in [6.07, 6.45) is 0. The molecule has 6 nitrogen and oxygen atoms in total. The maximum atomic E-state index is 10.7. The van der Waals surface area contributed by atoms with Crippen LogP contribution in [0.4, 0.5) is 0 Å². The fraction of sp³-hybridized carbons (Fsp3) is 0.143. The van der Waals surface area contributed by atoms with Gasteiger partial charge >= 0.3 is 0 Å². The van der Waals surface area contributed by atoms with Crippen molar-refractivity contribution in [1.82, 2.24) is 0 Å². The molecule has 2 radical (unpaired) electrons. The van der Waals surface area contributed by atoms with Crippen molar-refractivity contribution in [1.29, 1.82) is 0 Å². The minimum absolute atomic E-state index is 0. The van der Waals surface area contributed by atoms with Crippen molar-refractivity contribution in [2.24, 2.45) is 10.3 Å². The van der Waals surface area contributed by atoms with E-state index in [4.69, 9.17) is 10.3 Å². The average Bonchev–Trinajstić information content (AvgIpc) is 2.38. The number of aryl methyl sites for hydroxylation is 2. The molecule has 0 saturated carbocycles. The van der Waals surface area contributed by atoms with Gasteiger partial charge in [0.15, 0.2) is 0 Å². The Kier molecular flexibility index (Phi) is 8.13. The Labute approximate surface area is 147 Å². The molecule has 0 aliphatic carbocycles. The van der Waals surface area contributed by atoms with E-state index in [-0.39, 0.29) is 26.9 Å². The first-order chi connectivity index (χ1) is 10.00. The molecule has 0 aliphatic heterocycles. The maximum absolute atomic E-state index is 10.7. The molecular formula is C14H18N2O4S2Se. The van der Waals surface area contributed by atoms with Gasteiger partial charge in [0.25, 0.3) is 0 Å². The third-order valence-electron chi connectivity index (χ3n) is 2.70. The first kappa shape index (κ1) is 21.8. The van der Waals surface area contributed by atoms with E-state index in [0.29, 0.717) is 0 Å². The van der Waals surface area contributed by atoms with Crippen LogP contribution in [0.1, 0.15) is 11.1 Å². The molecule has 0 unspecified atom stereocenters. The summed E-state index contributed by atoms with van der Waals surface area (Å²) in [6, 6.07) is 12.8. The third kappa shape index (κ3) is 7.74. The summed E-state index contributed by atoms with van der Waals surface area (Å²) in [6.45, 7) is 3.76. The third-order valence-corrected chi connectivity index (χ3v) is 4.56. The molecule has 0 amide bonds. The van der Waals surface area contributed by atoms with Crippen LogP contribution in [0, 0.1) is 13.8 Å². The standard InChI is InChI=1S/2C7H9NO2S.Se/c2*1-6-2-4-7(5-3-6)11(8,9)10;/h2*2-5H,1H3,(H2,8,9,10);. The van der Waals surface area contributed by atoms with Gasteiger partial charge in [-0.2, -0.15) is 0 Å². The molecule has 0 aromatic heterocycles. The Balaban J connectivity index is 0.000000403. The molecule has 0 saturated heterocycles. The molecule has 2 rings (SSSR count). The van der Waals surface area contributed by atoms with Gasteiger partial charge in [-0.3, -0.25) is 0 Å². The largest absolute Gasteiger partial charge is 0.238 e. The Hall–Kier alpha value is -1.22. The molecule has 0 spiro atoms. The molecule has 0 atom stereocenters. The molecule has 0 fully saturated rings. The van der Waals surface area contributed by atoms with Crippen LogP contribution < -0.4 is 10.3 Å². The summed E-state index contributed by atoms with van der Waals surface area (Å²) in [5.41, 5.74) is 2.02. The number of sulfonamides is 2. The molecular weight excluding hydrogens is 403 g/mol. The minimum Gasteiger partial charge on any atom is -0.225 e. The molecule has 23 heavy (non-hydrogen) atoms. The number of benzene rings is 2. The summed E-state index contributed by atoms with van der Waals surface area (Å²) in [4.78, 5) is 0.311. The molecule has 126 valence electrons. The zero-order valence-electron chi connectivity index (χ0n) is 12.6. The topological polar surface area (TPSA) is 120 Å². The number of primary sulfonamides is 2. The van der Waals surface area contributed by atoms with E-state index in [1.54, 1.807) is 24.3 Å². The van der Waals surface area contributed by atoms with E-state index >= 15 is 0 Å². The smallest absolute Gasteiger partial charge is 0.225 e. The Bertz CT molecular complexity index is 758. The monoisotopic (exact) mass is 422 g/mol. The van der Waals surface area contributed by atoms with E-state index in [2.05, 4.69) is 0 Å². The van der Waals surface area contributed by atoms with Crippen LogP contribution in [0.15, 0.2) is 58.3 Å². The second-order valence-electron chi connectivity index (χ2n) is 4.72. The number of rotatable bonds is 2. The first-order valence-electron chi connectivity index (χ1n) is 6.19. The molecule has 0 aliphatic rings. The van der Waals surface area contributed by atoms with Gasteiger partial charge in [0, 0.05) is 17.1 Å². The van der Waals surface area contributed by atoms with Crippen LogP contribution in [0.3, 0.4) is 0 Å². The minimum atomic E-state index is -3.52. The van der Waals surface area contributed by atoms with Crippen molar-refractivity contribution in [3.8, 4) is 0 Å². The predicted octanol–water partition coefficient (Wildman–Crippen LogP) is 0.904. The van der Waals surface area contributed by atoms with Gasteiger partial charge in [-0.15, -0.1) is 0 Å². The van der Waals surface area contributed by atoms with Crippen molar-refractivity contribution < 1.29 is 16.8 Å². The predicted molar refractivity (Wildman–Crippen MR) is 90.9 cm³/mol. The van der Waals surface area contributed by atoms with E-state index in [1.807, 2.05) is 13.8 Å². The summed E-state index contributed by atoms with van der Waals surface area (Å²) in [5.74, 6) is 0. The van der Waals surface area contributed by atoms with Crippen molar-refractivity contribution in [2.45, 2.75) is 23.6 Å². The second-order valence-corrected chi connectivity index (χ2v) is 7.84. The zero-order chi connectivity index (χ0) is 17.0. The summed E-state index contributed by atoms with van der Waals surface area (Å²) in [5, 5.41) is 9.76. The van der Waals surface area contributed by atoms with Gasteiger partial charge in [0.05, 0.1) is 9.79 Å². The normalized spacial score (nSPS) is 11.0. The van der Waals surface area contributed by atoms with Crippen LogP contribution in [0.2, 0.25) is 0 Å². The first-order valence-corrected chi connectivity index (χ1v) is 9.28. The number of hydrogen-bond acceptors (Lipinski definition) is 4. The summed E-state index contributed by atoms with van der Waals surface area (Å²) >= 11 is 0. The summed E-state index contributed by atoms with van der Waals surface area (Å²) < 4.78 is 42.9. The number of nitrogens with two attached hydrogens (primary N) is 2. The molecule has 0 heterocycles.